The summed E-state index contributed by atoms with van der Waals surface area (Å²) in [4.78, 5) is 22.8. The highest BCUT2D eigenvalue weighted by molar-refractivity contribution is 6.31. The van der Waals surface area contributed by atoms with Gasteiger partial charge in [0, 0.05) is 23.0 Å². The summed E-state index contributed by atoms with van der Waals surface area (Å²) in [5, 5.41) is 3.33. The van der Waals surface area contributed by atoms with Crippen LogP contribution in [0.1, 0.15) is 22.3 Å². The molecule has 0 bridgehead atoms. The third kappa shape index (κ3) is 3.23. The lowest BCUT2D eigenvalue weighted by Gasteiger charge is -2.09. The van der Waals surface area contributed by atoms with E-state index in [2.05, 4.69) is 5.32 Å². The van der Waals surface area contributed by atoms with Crippen LogP contribution in [0, 0.1) is 12.8 Å². The fourth-order valence-electron chi connectivity index (χ4n) is 1.90. The van der Waals surface area contributed by atoms with Gasteiger partial charge < -0.3 is 10.1 Å². The number of halogens is 1. The summed E-state index contributed by atoms with van der Waals surface area (Å²) in [5.41, 5.74) is 1.47. The number of hydrogen-bond donors (Lipinski definition) is 1. The van der Waals surface area contributed by atoms with Gasteiger partial charge in [-0.15, -0.1) is 0 Å². The molecular formula is C13H14ClNO3. The molecule has 96 valence electrons. The van der Waals surface area contributed by atoms with Crippen LogP contribution < -0.4 is 5.32 Å². The minimum Gasteiger partial charge on any atom is -0.465 e. The SMILES string of the molecule is Cc1cc(Cl)cc(C(=O)NCC2COC(=O)C2)c1. The summed E-state index contributed by atoms with van der Waals surface area (Å²) in [7, 11) is 0. The third-order valence-electron chi connectivity index (χ3n) is 2.79. The van der Waals surface area contributed by atoms with Crippen molar-refractivity contribution in [2.45, 2.75) is 13.3 Å². The summed E-state index contributed by atoms with van der Waals surface area (Å²) in [5.74, 6) is -0.311. The number of amides is 1. The first-order chi connectivity index (χ1) is 8.54. The normalized spacial score (nSPS) is 18.6. The number of ether oxygens (including phenoxy) is 1. The van der Waals surface area contributed by atoms with Gasteiger partial charge in [0.15, 0.2) is 0 Å². The van der Waals surface area contributed by atoms with Gasteiger partial charge in [-0.25, -0.2) is 0 Å². The number of rotatable bonds is 3. The van der Waals surface area contributed by atoms with Crippen molar-refractivity contribution in [2.24, 2.45) is 5.92 Å². The molecule has 1 fully saturated rings. The number of benzene rings is 1. The molecule has 0 aromatic heterocycles. The number of carbonyl (C=O) groups is 2. The molecule has 1 heterocycles. The van der Waals surface area contributed by atoms with Crippen LogP contribution in [0.15, 0.2) is 18.2 Å². The molecule has 1 atom stereocenters. The Morgan fingerprint density at radius 1 is 1.50 bits per heavy atom. The maximum atomic E-state index is 11.9. The second kappa shape index (κ2) is 5.40. The zero-order valence-corrected chi connectivity index (χ0v) is 10.8. The summed E-state index contributed by atoms with van der Waals surface area (Å²) in [6.45, 7) is 2.70. The zero-order chi connectivity index (χ0) is 13.1. The Balaban J connectivity index is 1.93. The highest BCUT2D eigenvalue weighted by Crippen LogP contribution is 2.15. The first kappa shape index (κ1) is 12.9. The third-order valence-corrected chi connectivity index (χ3v) is 3.01. The van der Waals surface area contributed by atoms with E-state index in [4.69, 9.17) is 16.3 Å². The van der Waals surface area contributed by atoms with Crippen molar-refractivity contribution >= 4 is 23.5 Å². The first-order valence-corrected chi connectivity index (χ1v) is 6.13. The minimum atomic E-state index is -0.201. The predicted octanol–water partition coefficient (Wildman–Crippen LogP) is 1.94. The van der Waals surface area contributed by atoms with Crippen LogP contribution >= 0.6 is 11.6 Å². The van der Waals surface area contributed by atoms with E-state index in [-0.39, 0.29) is 17.8 Å². The summed E-state index contributed by atoms with van der Waals surface area (Å²) >= 11 is 5.90. The van der Waals surface area contributed by atoms with Crippen LogP contribution in [-0.4, -0.2) is 25.0 Å². The van der Waals surface area contributed by atoms with E-state index in [0.29, 0.717) is 30.2 Å². The zero-order valence-electron chi connectivity index (χ0n) is 10.0. The second-order valence-corrected chi connectivity index (χ2v) is 4.92. The maximum absolute atomic E-state index is 11.9. The van der Waals surface area contributed by atoms with Crippen molar-refractivity contribution in [3.63, 3.8) is 0 Å². The molecule has 1 unspecified atom stereocenters. The van der Waals surface area contributed by atoms with Gasteiger partial charge in [-0.3, -0.25) is 9.59 Å². The maximum Gasteiger partial charge on any atom is 0.306 e. The fourth-order valence-corrected chi connectivity index (χ4v) is 2.19. The van der Waals surface area contributed by atoms with Crippen LogP contribution in [0.25, 0.3) is 0 Å². The molecule has 1 aliphatic rings. The molecule has 1 amide bonds. The van der Waals surface area contributed by atoms with Gasteiger partial charge in [0.2, 0.25) is 0 Å². The molecule has 1 aliphatic heterocycles. The predicted molar refractivity (Wildman–Crippen MR) is 67.6 cm³/mol. The van der Waals surface area contributed by atoms with E-state index < -0.39 is 0 Å². The van der Waals surface area contributed by atoms with Crippen molar-refractivity contribution in [3.05, 3.63) is 34.3 Å². The number of aryl methyl sites for hydroxylation is 1. The van der Waals surface area contributed by atoms with E-state index in [9.17, 15) is 9.59 Å². The van der Waals surface area contributed by atoms with Crippen molar-refractivity contribution in [1.82, 2.24) is 5.32 Å². The minimum absolute atomic E-state index is 0.0710. The monoisotopic (exact) mass is 267 g/mol. The Hall–Kier alpha value is -1.55. The van der Waals surface area contributed by atoms with Crippen LogP contribution in [0.5, 0.6) is 0 Å². The molecule has 4 nitrogen and oxygen atoms in total. The summed E-state index contributed by atoms with van der Waals surface area (Å²) in [6.07, 6.45) is 0.370. The summed E-state index contributed by atoms with van der Waals surface area (Å²) < 4.78 is 4.83. The quantitative estimate of drug-likeness (QED) is 0.852. The Kier molecular flexibility index (Phi) is 3.87. The van der Waals surface area contributed by atoms with E-state index in [0.717, 1.165) is 5.56 Å². The van der Waals surface area contributed by atoms with Gasteiger partial charge in [-0.1, -0.05) is 11.6 Å². The van der Waals surface area contributed by atoms with E-state index in [1.165, 1.54) is 0 Å². The highest BCUT2D eigenvalue weighted by Gasteiger charge is 2.24. The molecule has 5 heteroatoms. The molecule has 1 saturated heterocycles. The van der Waals surface area contributed by atoms with E-state index in [1.54, 1.807) is 18.2 Å². The fraction of sp³-hybridized carbons (Fsp3) is 0.385. The van der Waals surface area contributed by atoms with Gasteiger partial charge in [0.1, 0.15) is 0 Å². The van der Waals surface area contributed by atoms with Gasteiger partial charge >= 0.3 is 5.97 Å². The molecule has 2 rings (SSSR count). The van der Waals surface area contributed by atoms with Crippen molar-refractivity contribution in [3.8, 4) is 0 Å². The number of esters is 1. The Morgan fingerprint density at radius 2 is 2.28 bits per heavy atom. The molecule has 0 aliphatic carbocycles. The smallest absolute Gasteiger partial charge is 0.306 e. The molecular weight excluding hydrogens is 254 g/mol. The van der Waals surface area contributed by atoms with Crippen LogP contribution in [-0.2, 0) is 9.53 Å². The average Bonchev–Trinajstić information content (AvgIpc) is 2.70. The second-order valence-electron chi connectivity index (χ2n) is 4.48. The highest BCUT2D eigenvalue weighted by atomic mass is 35.5. The van der Waals surface area contributed by atoms with Gasteiger partial charge in [0.05, 0.1) is 13.0 Å². The van der Waals surface area contributed by atoms with Crippen LogP contribution in [0.2, 0.25) is 5.02 Å². The van der Waals surface area contributed by atoms with Gasteiger partial charge in [-0.2, -0.15) is 0 Å². The average molecular weight is 268 g/mol. The van der Waals surface area contributed by atoms with Crippen molar-refractivity contribution in [1.29, 1.82) is 0 Å². The molecule has 0 saturated carbocycles. The number of carbonyl (C=O) groups excluding carboxylic acids is 2. The van der Waals surface area contributed by atoms with Crippen molar-refractivity contribution in [2.75, 3.05) is 13.2 Å². The topological polar surface area (TPSA) is 55.4 Å². The summed E-state index contributed by atoms with van der Waals surface area (Å²) in [6, 6.07) is 5.19. The number of nitrogens with one attached hydrogen (secondary N) is 1. The Bertz CT molecular complexity index is 467. The Morgan fingerprint density at radius 3 is 2.89 bits per heavy atom. The number of hydrogen-bond acceptors (Lipinski definition) is 3. The lowest BCUT2D eigenvalue weighted by molar-refractivity contribution is -0.137. The van der Waals surface area contributed by atoms with Crippen LogP contribution in [0.4, 0.5) is 0 Å². The molecule has 18 heavy (non-hydrogen) atoms. The molecule has 1 aromatic carbocycles. The first-order valence-electron chi connectivity index (χ1n) is 5.75. The van der Waals surface area contributed by atoms with Gasteiger partial charge in [0.25, 0.3) is 5.91 Å². The lowest BCUT2D eigenvalue weighted by atomic mass is 10.1. The Labute approximate surface area is 110 Å². The largest absolute Gasteiger partial charge is 0.465 e. The molecule has 0 radical (unpaired) electrons. The van der Waals surface area contributed by atoms with Crippen LogP contribution in [0.3, 0.4) is 0 Å². The molecule has 1 aromatic rings. The van der Waals surface area contributed by atoms with Crippen molar-refractivity contribution < 1.29 is 14.3 Å². The standard InChI is InChI=1S/C13H14ClNO3/c1-8-2-10(5-11(14)3-8)13(17)15-6-9-4-12(16)18-7-9/h2-3,5,9H,4,6-7H2,1H3,(H,15,17). The van der Waals surface area contributed by atoms with E-state index >= 15 is 0 Å². The van der Waals surface area contributed by atoms with E-state index in [1.807, 2.05) is 6.92 Å². The van der Waals surface area contributed by atoms with Gasteiger partial charge in [-0.05, 0) is 30.7 Å². The lowest BCUT2D eigenvalue weighted by Crippen LogP contribution is -2.29. The molecule has 1 N–H and O–H groups in total. The number of cyclic esters (lactones) is 1. The molecule has 0 spiro atoms.